The molecule has 0 saturated carbocycles. The minimum absolute atomic E-state index is 0.116. The van der Waals surface area contributed by atoms with Crippen molar-refractivity contribution in [2.45, 2.75) is 6.92 Å². The number of halogens is 1. The van der Waals surface area contributed by atoms with Gasteiger partial charge in [-0.3, -0.25) is 0 Å². The molecule has 2 N–H and O–H groups in total. The third kappa shape index (κ3) is 1.72. The lowest BCUT2D eigenvalue weighted by molar-refractivity contribution is 0.612. The van der Waals surface area contributed by atoms with E-state index < -0.39 is 5.82 Å². The fourth-order valence-corrected chi connectivity index (χ4v) is 1.82. The molecule has 4 heteroatoms. The average molecular weight is 242 g/mol. The van der Waals surface area contributed by atoms with Gasteiger partial charge in [-0.2, -0.15) is 0 Å². The molecule has 0 aliphatic heterocycles. The van der Waals surface area contributed by atoms with E-state index in [4.69, 9.17) is 10.2 Å². The second kappa shape index (κ2) is 3.84. The molecule has 0 aliphatic carbocycles. The van der Waals surface area contributed by atoms with Crippen LogP contribution in [0.1, 0.15) is 5.56 Å². The summed E-state index contributed by atoms with van der Waals surface area (Å²) in [5.41, 5.74) is 8.69. The first-order valence-corrected chi connectivity index (χ1v) is 5.56. The van der Waals surface area contributed by atoms with Gasteiger partial charge in [0.25, 0.3) is 0 Å². The summed E-state index contributed by atoms with van der Waals surface area (Å²) in [5.74, 6) is -0.0690. The Balaban J connectivity index is 2.16. The fraction of sp³-hybridized carbons (Fsp3) is 0.0714. The van der Waals surface area contributed by atoms with E-state index in [2.05, 4.69) is 4.98 Å². The van der Waals surface area contributed by atoms with E-state index in [1.807, 2.05) is 25.1 Å². The first kappa shape index (κ1) is 10.8. The molecule has 3 nitrogen and oxygen atoms in total. The van der Waals surface area contributed by atoms with Gasteiger partial charge in [0.15, 0.2) is 5.58 Å². The van der Waals surface area contributed by atoms with Gasteiger partial charge in [-0.25, -0.2) is 9.37 Å². The maximum absolute atomic E-state index is 13.4. The topological polar surface area (TPSA) is 52.0 Å². The Bertz CT molecular complexity index is 734. The largest absolute Gasteiger partial charge is 0.436 e. The minimum Gasteiger partial charge on any atom is -0.436 e. The SMILES string of the molecule is Cc1ccc2oc(-c3ccc(N)c(F)c3)nc2c1. The number of oxazole rings is 1. The molecule has 0 fully saturated rings. The third-order valence-electron chi connectivity index (χ3n) is 2.79. The zero-order chi connectivity index (χ0) is 12.7. The van der Waals surface area contributed by atoms with E-state index >= 15 is 0 Å². The van der Waals surface area contributed by atoms with Gasteiger partial charge in [-0.15, -0.1) is 0 Å². The van der Waals surface area contributed by atoms with Crippen LogP contribution in [0.5, 0.6) is 0 Å². The van der Waals surface area contributed by atoms with Crippen molar-refractivity contribution in [2.24, 2.45) is 0 Å². The van der Waals surface area contributed by atoms with Crippen LogP contribution in [0.25, 0.3) is 22.6 Å². The zero-order valence-electron chi connectivity index (χ0n) is 9.77. The molecule has 18 heavy (non-hydrogen) atoms. The molecule has 0 amide bonds. The first-order valence-electron chi connectivity index (χ1n) is 5.56. The highest BCUT2D eigenvalue weighted by Crippen LogP contribution is 2.26. The summed E-state index contributed by atoms with van der Waals surface area (Å²) in [6.45, 7) is 1.98. The lowest BCUT2D eigenvalue weighted by Gasteiger charge is -1.98. The Morgan fingerprint density at radius 3 is 2.78 bits per heavy atom. The molecule has 90 valence electrons. The molecule has 0 spiro atoms. The van der Waals surface area contributed by atoms with Crippen LogP contribution in [0, 0.1) is 12.7 Å². The Morgan fingerprint density at radius 2 is 2.00 bits per heavy atom. The highest BCUT2D eigenvalue weighted by Gasteiger charge is 2.10. The molecular weight excluding hydrogens is 231 g/mol. The summed E-state index contributed by atoms with van der Waals surface area (Å²) in [5, 5.41) is 0. The molecule has 0 bridgehead atoms. The van der Waals surface area contributed by atoms with Crippen LogP contribution in [-0.2, 0) is 0 Å². The second-order valence-corrected chi connectivity index (χ2v) is 4.23. The predicted molar refractivity (Wildman–Crippen MR) is 68.6 cm³/mol. The van der Waals surface area contributed by atoms with Crippen LogP contribution < -0.4 is 5.73 Å². The van der Waals surface area contributed by atoms with Gasteiger partial charge in [0.05, 0.1) is 5.69 Å². The van der Waals surface area contributed by atoms with Crippen molar-refractivity contribution < 1.29 is 8.81 Å². The fourth-order valence-electron chi connectivity index (χ4n) is 1.82. The molecule has 0 saturated heterocycles. The lowest BCUT2D eigenvalue weighted by Crippen LogP contribution is -1.90. The molecule has 0 radical (unpaired) electrons. The number of benzene rings is 2. The van der Waals surface area contributed by atoms with Crippen LogP contribution in [0.4, 0.5) is 10.1 Å². The number of nitrogens with zero attached hydrogens (tertiary/aromatic N) is 1. The van der Waals surface area contributed by atoms with Gasteiger partial charge in [-0.1, -0.05) is 6.07 Å². The van der Waals surface area contributed by atoms with E-state index in [9.17, 15) is 4.39 Å². The van der Waals surface area contributed by atoms with Crippen molar-refractivity contribution in [3.63, 3.8) is 0 Å². The van der Waals surface area contributed by atoms with Crippen molar-refractivity contribution in [3.05, 3.63) is 47.8 Å². The second-order valence-electron chi connectivity index (χ2n) is 4.23. The number of aromatic nitrogens is 1. The van der Waals surface area contributed by atoms with E-state index in [1.54, 1.807) is 6.07 Å². The molecule has 3 rings (SSSR count). The van der Waals surface area contributed by atoms with Crippen LogP contribution in [0.15, 0.2) is 40.8 Å². The van der Waals surface area contributed by atoms with Crippen molar-refractivity contribution >= 4 is 16.8 Å². The van der Waals surface area contributed by atoms with Crippen molar-refractivity contribution in [1.29, 1.82) is 0 Å². The number of nitrogens with two attached hydrogens (primary N) is 1. The molecule has 1 aromatic heterocycles. The molecule has 0 unspecified atom stereocenters. The summed E-state index contributed by atoms with van der Waals surface area (Å²) in [6.07, 6.45) is 0. The smallest absolute Gasteiger partial charge is 0.227 e. The van der Waals surface area contributed by atoms with E-state index in [0.717, 1.165) is 11.1 Å². The lowest BCUT2D eigenvalue weighted by atomic mass is 10.2. The van der Waals surface area contributed by atoms with Gasteiger partial charge < -0.3 is 10.2 Å². The van der Waals surface area contributed by atoms with Crippen molar-refractivity contribution in [3.8, 4) is 11.5 Å². The van der Waals surface area contributed by atoms with Crippen LogP contribution >= 0.6 is 0 Å². The van der Waals surface area contributed by atoms with E-state index in [0.29, 0.717) is 17.0 Å². The molecule has 0 aliphatic rings. The van der Waals surface area contributed by atoms with E-state index in [1.165, 1.54) is 12.1 Å². The van der Waals surface area contributed by atoms with E-state index in [-0.39, 0.29) is 5.69 Å². The number of hydrogen-bond donors (Lipinski definition) is 1. The number of fused-ring (bicyclic) bond motifs is 1. The Morgan fingerprint density at radius 1 is 1.17 bits per heavy atom. The summed E-state index contributed by atoms with van der Waals surface area (Å²) in [7, 11) is 0. The van der Waals surface area contributed by atoms with Gasteiger partial charge in [0.2, 0.25) is 5.89 Å². The average Bonchev–Trinajstić information content (AvgIpc) is 2.75. The summed E-state index contributed by atoms with van der Waals surface area (Å²) in [4.78, 5) is 4.34. The monoisotopic (exact) mass is 242 g/mol. The molecule has 3 aromatic rings. The molecular formula is C14H11FN2O. The number of rotatable bonds is 1. The van der Waals surface area contributed by atoms with Crippen LogP contribution in [0.3, 0.4) is 0 Å². The normalized spacial score (nSPS) is 11.0. The molecule has 0 atom stereocenters. The number of aryl methyl sites for hydroxylation is 1. The zero-order valence-corrected chi connectivity index (χ0v) is 9.77. The highest BCUT2D eigenvalue weighted by atomic mass is 19.1. The third-order valence-corrected chi connectivity index (χ3v) is 2.79. The summed E-state index contributed by atoms with van der Waals surface area (Å²) < 4.78 is 19.0. The minimum atomic E-state index is -0.467. The van der Waals surface area contributed by atoms with Crippen LogP contribution in [-0.4, -0.2) is 4.98 Å². The number of nitrogen functional groups attached to an aromatic ring is 1. The predicted octanol–water partition coefficient (Wildman–Crippen LogP) is 3.52. The van der Waals surface area contributed by atoms with Gasteiger partial charge in [0.1, 0.15) is 11.3 Å². The molecule has 1 heterocycles. The van der Waals surface area contributed by atoms with Gasteiger partial charge in [0, 0.05) is 5.56 Å². The molecule has 2 aromatic carbocycles. The highest BCUT2D eigenvalue weighted by molar-refractivity contribution is 5.77. The van der Waals surface area contributed by atoms with Crippen molar-refractivity contribution in [2.75, 3.05) is 5.73 Å². The Kier molecular flexibility index (Phi) is 2.30. The van der Waals surface area contributed by atoms with Gasteiger partial charge >= 0.3 is 0 Å². The Hall–Kier alpha value is -2.36. The number of hydrogen-bond acceptors (Lipinski definition) is 3. The number of anilines is 1. The summed E-state index contributed by atoms with van der Waals surface area (Å²) >= 11 is 0. The van der Waals surface area contributed by atoms with Crippen molar-refractivity contribution in [1.82, 2.24) is 4.98 Å². The van der Waals surface area contributed by atoms with Gasteiger partial charge in [-0.05, 0) is 42.8 Å². The van der Waals surface area contributed by atoms with Crippen LogP contribution in [0.2, 0.25) is 0 Å². The standard InChI is InChI=1S/C14H11FN2O/c1-8-2-5-13-12(6-8)17-14(18-13)9-3-4-11(16)10(15)7-9/h2-7H,16H2,1H3. The maximum Gasteiger partial charge on any atom is 0.227 e. The Labute approximate surface area is 103 Å². The summed E-state index contributed by atoms with van der Waals surface area (Å²) in [6, 6.07) is 10.2. The first-order chi connectivity index (χ1) is 8.63. The maximum atomic E-state index is 13.4. The quantitative estimate of drug-likeness (QED) is 0.664.